The van der Waals surface area contributed by atoms with E-state index in [1.807, 2.05) is 4.68 Å². The number of hydrogen-bond acceptors (Lipinski definition) is 8. The van der Waals surface area contributed by atoms with Crippen molar-refractivity contribution < 1.29 is 14.1 Å². The number of halogens is 1. The molecule has 0 saturated carbocycles. The molecule has 156 valence electrons. The zero-order chi connectivity index (χ0) is 20.8. The lowest BCUT2D eigenvalue weighted by atomic mass is 10.0. The van der Waals surface area contributed by atoms with Gasteiger partial charge >= 0.3 is 5.69 Å². The Morgan fingerprint density at radius 2 is 1.97 bits per heavy atom. The van der Waals surface area contributed by atoms with Gasteiger partial charge in [0.1, 0.15) is 17.8 Å². The minimum Gasteiger partial charge on any atom is -0.383 e. The van der Waals surface area contributed by atoms with Crippen LogP contribution >= 0.6 is 0 Å². The van der Waals surface area contributed by atoms with Crippen LogP contribution in [-0.2, 0) is 4.74 Å². The van der Waals surface area contributed by atoms with E-state index in [0.717, 1.165) is 51.3 Å². The normalized spacial score (nSPS) is 18.6. The summed E-state index contributed by atoms with van der Waals surface area (Å²) in [6, 6.07) is 4.33. The van der Waals surface area contributed by atoms with Gasteiger partial charge in [0.2, 0.25) is 5.82 Å². The second kappa shape index (κ2) is 7.26. The van der Waals surface area contributed by atoms with Crippen molar-refractivity contribution in [3.63, 3.8) is 0 Å². The van der Waals surface area contributed by atoms with Gasteiger partial charge in [-0.2, -0.15) is 9.49 Å². The zero-order valence-electron chi connectivity index (χ0n) is 16.1. The summed E-state index contributed by atoms with van der Waals surface area (Å²) in [6.45, 7) is 3.44. The fourth-order valence-electron chi connectivity index (χ4n) is 4.18. The number of aromatic nitrogens is 4. The Bertz CT molecular complexity index is 1120. The molecule has 0 spiro atoms. The maximum Gasteiger partial charge on any atom is 0.304 e. The van der Waals surface area contributed by atoms with Crippen molar-refractivity contribution in [1.29, 1.82) is 0 Å². The third-order valence-corrected chi connectivity index (χ3v) is 5.92. The van der Waals surface area contributed by atoms with E-state index in [1.54, 1.807) is 0 Å². The molecule has 1 aromatic carbocycles. The van der Waals surface area contributed by atoms with E-state index in [1.165, 1.54) is 12.4 Å². The van der Waals surface area contributed by atoms with E-state index >= 15 is 0 Å². The van der Waals surface area contributed by atoms with Crippen molar-refractivity contribution in [3.8, 4) is 11.3 Å². The van der Waals surface area contributed by atoms with E-state index < -0.39 is 16.4 Å². The molecule has 2 saturated heterocycles. The Morgan fingerprint density at radius 1 is 1.20 bits per heavy atom. The minimum absolute atomic E-state index is 0.121. The Balaban J connectivity index is 1.53. The first-order valence-electron chi connectivity index (χ1n) is 9.77. The molecule has 0 unspecified atom stereocenters. The molecule has 0 atom stereocenters. The lowest BCUT2D eigenvalue weighted by molar-refractivity contribution is -0.387. The number of piperidine rings is 1. The predicted molar refractivity (Wildman–Crippen MR) is 106 cm³/mol. The smallest absolute Gasteiger partial charge is 0.304 e. The summed E-state index contributed by atoms with van der Waals surface area (Å²) < 4.78 is 21.4. The van der Waals surface area contributed by atoms with Gasteiger partial charge in [-0.25, -0.2) is 14.6 Å². The number of fused-ring (bicyclic) bond motifs is 1. The predicted octanol–water partition coefficient (Wildman–Crippen LogP) is 2.16. The number of likely N-dealkylation sites (tertiary alicyclic amines) is 1. The van der Waals surface area contributed by atoms with Crippen LogP contribution in [0.4, 0.5) is 15.9 Å². The number of nitro groups is 1. The molecule has 0 radical (unpaired) electrons. The van der Waals surface area contributed by atoms with Crippen molar-refractivity contribution in [1.82, 2.24) is 24.6 Å². The SMILES string of the molecule is Nc1ncnc2c1c(-c1ccc([N+](=O)[O-])c(F)c1)nn2C1CCN(C2COC2)CC1. The summed E-state index contributed by atoms with van der Waals surface area (Å²) in [5, 5.41) is 16.2. The van der Waals surface area contributed by atoms with Gasteiger partial charge in [-0.05, 0) is 25.0 Å². The van der Waals surface area contributed by atoms with E-state index in [2.05, 4.69) is 14.9 Å². The van der Waals surface area contributed by atoms with Gasteiger partial charge in [0.25, 0.3) is 0 Å². The molecule has 0 amide bonds. The number of benzene rings is 1. The summed E-state index contributed by atoms with van der Waals surface area (Å²) in [4.78, 5) is 21.1. The average Bonchev–Trinajstić information content (AvgIpc) is 3.08. The second-order valence-corrected chi connectivity index (χ2v) is 7.63. The number of ether oxygens (including phenoxy) is 1. The fraction of sp³-hybridized carbons (Fsp3) is 0.421. The van der Waals surface area contributed by atoms with E-state index in [4.69, 9.17) is 15.6 Å². The van der Waals surface area contributed by atoms with Crippen LogP contribution < -0.4 is 5.73 Å². The maximum absolute atomic E-state index is 14.3. The summed E-state index contributed by atoms with van der Waals surface area (Å²) in [7, 11) is 0. The highest BCUT2D eigenvalue weighted by molar-refractivity contribution is 5.98. The molecular weight excluding hydrogens is 393 g/mol. The van der Waals surface area contributed by atoms with Crippen LogP contribution in [0, 0.1) is 15.9 Å². The topological polar surface area (TPSA) is 125 Å². The molecule has 11 heteroatoms. The molecule has 3 aromatic rings. The lowest BCUT2D eigenvalue weighted by Gasteiger charge is -2.41. The fourth-order valence-corrected chi connectivity index (χ4v) is 4.18. The molecule has 2 aliphatic heterocycles. The first-order valence-corrected chi connectivity index (χ1v) is 9.77. The van der Waals surface area contributed by atoms with Crippen molar-refractivity contribution >= 4 is 22.5 Å². The molecule has 5 rings (SSSR count). The van der Waals surface area contributed by atoms with Gasteiger partial charge in [0, 0.05) is 24.7 Å². The van der Waals surface area contributed by atoms with Crippen LogP contribution in [0.15, 0.2) is 24.5 Å². The van der Waals surface area contributed by atoms with Gasteiger partial charge in [0.15, 0.2) is 5.65 Å². The highest BCUT2D eigenvalue weighted by Gasteiger charge is 2.32. The largest absolute Gasteiger partial charge is 0.383 e. The minimum atomic E-state index is -0.924. The Labute approximate surface area is 170 Å². The molecule has 2 N–H and O–H groups in total. The number of nitrogens with two attached hydrogens (primary N) is 1. The van der Waals surface area contributed by atoms with Gasteiger partial charge in [-0.3, -0.25) is 15.0 Å². The van der Waals surface area contributed by atoms with Crippen LogP contribution in [0.5, 0.6) is 0 Å². The van der Waals surface area contributed by atoms with E-state index in [9.17, 15) is 14.5 Å². The van der Waals surface area contributed by atoms with Gasteiger partial charge in [0.05, 0.1) is 35.6 Å². The quantitative estimate of drug-likeness (QED) is 0.509. The van der Waals surface area contributed by atoms with Crippen molar-refractivity contribution in [2.75, 3.05) is 32.0 Å². The van der Waals surface area contributed by atoms with Crippen LogP contribution in [0.2, 0.25) is 0 Å². The molecule has 2 aromatic heterocycles. The summed E-state index contributed by atoms with van der Waals surface area (Å²) >= 11 is 0. The first-order chi connectivity index (χ1) is 14.5. The highest BCUT2D eigenvalue weighted by Crippen LogP contribution is 2.35. The average molecular weight is 413 g/mol. The third kappa shape index (κ3) is 3.06. The third-order valence-electron chi connectivity index (χ3n) is 5.92. The number of nitro benzene ring substituents is 1. The van der Waals surface area contributed by atoms with Crippen molar-refractivity contribution in [2.45, 2.75) is 24.9 Å². The number of anilines is 1. The lowest BCUT2D eigenvalue weighted by Crippen LogP contribution is -2.51. The zero-order valence-corrected chi connectivity index (χ0v) is 16.1. The highest BCUT2D eigenvalue weighted by atomic mass is 19.1. The van der Waals surface area contributed by atoms with Gasteiger partial charge in [-0.1, -0.05) is 0 Å². The molecule has 4 heterocycles. The van der Waals surface area contributed by atoms with E-state index in [0.29, 0.717) is 28.3 Å². The maximum atomic E-state index is 14.3. The Kier molecular flexibility index (Phi) is 4.55. The van der Waals surface area contributed by atoms with Crippen molar-refractivity contribution in [3.05, 3.63) is 40.5 Å². The molecule has 0 bridgehead atoms. The molecule has 10 nitrogen and oxygen atoms in total. The van der Waals surface area contributed by atoms with E-state index in [-0.39, 0.29) is 11.9 Å². The second-order valence-electron chi connectivity index (χ2n) is 7.63. The number of hydrogen-bond donors (Lipinski definition) is 1. The number of rotatable bonds is 4. The Morgan fingerprint density at radius 3 is 2.60 bits per heavy atom. The molecule has 2 aliphatic rings. The molecule has 0 aliphatic carbocycles. The summed E-state index contributed by atoms with van der Waals surface area (Å²) in [5.41, 5.74) is 6.93. The van der Waals surface area contributed by atoms with Crippen LogP contribution in [0.25, 0.3) is 22.3 Å². The molecular formula is C19H20FN7O3. The van der Waals surface area contributed by atoms with Crippen molar-refractivity contribution in [2.24, 2.45) is 0 Å². The van der Waals surface area contributed by atoms with Crippen LogP contribution in [0.1, 0.15) is 18.9 Å². The Hall–Kier alpha value is -3.18. The number of nitrogens with zero attached hydrogens (tertiary/aromatic N) is 6. The van der Waals surface area contributed by atoms with Gasteiger partial charge < -0.3 is 10.5 Å². The van der Waals surface area contributed by atoms with Crippen LogP contribution in [-0.4, -0.2) is 61.9 Å². The number of nitrogen functional groups attached to an aromatic ring is 1. The monoisotopic (exact) mass is 413 g/mol. The van der Waals surface area contributed by atoms with Crippen LogP contribution in [0.3, 0.4) is 0 Å². The van der Waals surface area contributed by atoms with Gasteiger partial charge in [-0.15, -0.1) is 0 Å². The first kappa shape index (κ1) is 18.8. The standard InChI is InChI=1S/C19H20FN7O3/c20-14-7-11(1-2-15(14)27(28)29)17-16-18(21)22-10-23-19(16)26(24-17)12-3-5-25(6-4-12)13-8-30-9-13/h1-2,7,10,12-13H,3-6,8-9H2,(H2,21,22,23). The summed E-state index contributed by atoms with van der Waals surface area (Å²) in [5.74, 6) is -0.685. The summed E-state index contributed by atoms with van der Waals surface area (Å²) in [6.07, 6.45) is 3.17. The molecule has 2 fully saturated rings. The molecule has 30 heavy (non-hydrogen) atoms.